The van der Waals surface area contributed by atoms with Crippen LogP contribution < -0.4 is 5.32 Å². The number of rotatable bonds is 5. The molecule has 5 heteroatoms. The van der Waals surface area contributed by atoms with Crippen LogP contribution in [0.4, 0.5) is 5.82 Å². The smallest absolute Gasteiger partial charge is 0.223 e. The standard InChI is InChI=1S/C13H20N4O/c1-3-6-14-11-8-10(2)15-12(16-11)9-17-7-4-5-13(17)18/h8H,3-7,9H2,1-2H3,(H,14,15,16). The monoisotopic (exact) mass is 248 g/mol. The van der Waals surface area contributed by atoms with Crippen LogP contribution in [0.1, 0.15) is 37.7 Å². The quantitative estimate of drug-likeness (QED) is 0.862. The number of nitrogens with zero attached hydrogens (tertiary/aromatic N) is 3. The van der Waals surface area contributed by atoms with Gasteiger partial charge in [-0.05, 0) is 19.8 Å². The summed E-state index contributed by atoms with van der Waals surface area (Å²) in [5.74, 6) is 1.79. The Labute approximate surface area is 108 Å². The third-order valence-electron chi connectivity index (χ3n) is 2.96. The molecule has 0 atom stereocenters. The molecule has 5 nitrogen and oxygen atoms in total. The third-order valence-corrected chi connectivity index (χ3v) is 2.96. The van der Waals surface area contributed by atoms with Crippen molar-refractivity contribution in [3.8, 4) is 0 Å². The zero-order chi connectivity index (χ0) is 13.0. The molecular weight excluding hydrogens is 228 g/mol. The normalized spacial score (nSPS) is 15.2. The Morgan fingerprint density at radius 1 is 1.44 bits per heavy atom. The van der Waals surface area contributed by atoms with Gasteiger partial charge in [0, 0.05) is 31.3 Å². The minimum atomic E-state index is 0.211. The molecule has 2 rings (SSSR count). The van der Waals surface area contributed by atoms with Crippen LogP contribution in [0.2, 0.25) is 0 Å². The predicted octanol–water partition coefficient (Wildman–Crippen LogP) is 1.73. The Hall–Kier alpha value is -1.65. The van der Waals surface area contributed by atoms with Crippen molar-refractivity contribution in [3.05, 3.63) is 17.6 Å². The summed E-state index contributed by atoms with van der Waals surface area (Å²) in [5.41, 5.74) is 0.935. The van der Waals surface area contributed by atoms with E-state index in [1.165, 1.54) is 0 Å². The highest BCUT2D eigenvalue weighted by atomic mass is 16.2. The number of carbonyl (C=O) groups excluding carboxylic acids is 1. The summed E-state index contributed by atoms with van der Waals surface area (Å²) in [5, 5.41) is 3.26. The van der Waals surface area contributed by atoms with Gasteiger partial charge in [0.2, 0.25) is 5.91 Å². The van der Waals surface area contributed by atoms with Gasteiger partial charge in [0.05, 0.1) is 6.54 Å². The zero-order valence-electron chi connectivity index (χ0n) is 11.1. The molecule has 1 aliphatic rings. The Morgan fingerprint density at radius 2 is 2.28 bits per heavy atom. The van der Waals surface area contributed by atoms with E-state index < -0.39 is 0 Å². The molecule has 1 amide bonds. The first-order valence-corrected chi connectivity index (χ1v) is 6.55. The predicted molar refractivity (Wildman–Crippen MR) is 70.2 cm³/mol. The van der Waals surface area contributed by atoms with Crippen LogP contribution in [0.3, 0.4) is 0 Å². The van der Waals surface area contributed by atoms with E-state index in [-0.39, 0.29) is 5.91 Å². The van der Waals surface area contributed by atoms with Gasteiger partial charge in [-0.25, -0.2) is 9.97 Å². The lowest BCUT2D eigenvalue weighted by atomic mass is 10.3. The van der Waals surface area contributed by atoms with Gasteiger partial charge in [0.25, 0.3) is 0 Å². The van der Waals surface area contributed by atoms with E-state index in [4.69, 9.17) is 0 Å². The summed E-state index contributed by atoms with van der Waals surface area (Å²) in [6, 6.07) is 1.94. The van der Waals surface area contributed by atoms with E-state index in [0.29, 0.717) is 13.0 Å². The first-order valence-electron chi connectivity index (χ1n) is 6.55. The Bertz CT molecular complexity index is 433. The molecule has 2 heterocycles. The largest absolute Gasteiger partial charge is 0.370 e. The minimum absolute atomic E-state index is 0.211. The molecular formula is C13H20N4O. The number of amides is 1. The third kappa shape index (κ3) is 3.18. The lowest BCUT2D eigenvalue weighted by molar-refractivity contribution is -0.128. The van der Waals surface area contributed by atoms with Crippen molar-refractivity contribution in [2.75, 3.05) is 18.4 Å². The van der Waals surface area contributed by atoms with E-state index in [1.54, 1.807) is 0 Å². The maximum absolute atomic E-state index is 11.6. The Kier molecular flexibility index (Phi) is 4.12. The van der Waals surface area contributed by atoms with Crippen molar-refractivity contribution < 1.29 is 4.79 Å². The molecule has 0 bridgehead atoms. The van der Waals surface area contributed by atoms with Gasteiger partial charge >= 0.3 is 0 Å². The summed E-state index contributed by atoms with van der Waals surface area (Å²) in [6.45, 7) is 6.33. The second-order valence-electron chi connectivity index (χ2n) is 4.66. The number of nitrogens with one attached hydrogen (secondary N) is 1. The van der Waals surface area contributed by atoms with Gasteiger partial charge in [-0.2, -0.15) is 0 Å². The number of carbonyl (C=O) groups is 1. The summed E-state index contributed by atoms with van der Waals surface area (Å²) >= 11 is 0. The fourth-order valence-corrected chi connectivity index (χ4v) is 2.09. The van der Waals surface area contributed by atoms with Crippen LogP contribution in [-0.2, 0) is 11.3 Å². The van der Waals surface area contributed by atoms with Crippen molar-refractivity contribution >= 4 is 11.7 Å². The highest BCUT2D eigenvalue weighted by Crippen LogP contribution is 2.14. The number of likely N-dealkylation sites (tertiary alicyclic amines) is 1. The number of hydrogen-bond donors (Lipinski definition) is 1. The SMILES string of the molecule is CCCNc1cc(C)nc(CN2CCCC2=O)n1. The molecule has 1 N–H and O–H groups in total. The summed E-state index contributed by atoms with van der Waals surface area (Å²) in [4.78, 5) is 22.3. The average Bonchev–Trinajstić information content (AvgIpc) is 2.72. The van der Waals surface area contributed by atoms with Crippen molar-refractivity contribution in [2.45, 2.75) is 39.7 Å². The molecule has 1 fully saturated rings. The van der Waals surface area contributed by atoms with Crippen molar-refractivity contribution in [3.63, 3.8) is 0 Å². The minimum Gasteiger partial charge on any atom is -0.370 e. The van der Waals surface area contributed by atoms with E-state index >= 15 is 0 Å². The summed E-state index contributed by atoms with van der Waals surface area (Å²) < 4.78 is 0. The maximum atomic E-state index is 11.6. The van der Waals surface area contributed by atoms with Crippen LogP contribution in [0, 0.1) is 6.92 Å². The lowest BCUT2D eigenvalue weighted by Crippen LogP contribution is -2.25. The van der Waals surface area contributed by atoms with E-state index in [2.05, 4.69) is 22.2 Å². The molecule has 1 aliphatic heterocycles. The number of hydrogen-bond acceptors (Lipinski definition) is 4. The second-order valence-corrected chi connectivity index (χ2v) is 4.66. The molecule has 0 radical (unpaired) electrons. The molecule has 0 unspecified atom stereocenters. The number of aromatic nitrogens is 2. The summed E-state index contributed by atoms with van der Waals surface area (Å²) in [6.07, 6.45) is 2.67. The molecule has 1 aromatic rings. The fourth-order valence-electron chi connectivity index (χ4n) is 2.09. The molecule has 1 saturated heterocycles. The van der Waals surface area contributed by atoms with Gasteiger partial charge in [-0.1, -0.05) is 6.92 Å². The molecule has 18 heavy (non-hydrogen) atoms. The maximum Gasteiger partial charge on any atom is 0.223 e. The van der Waals surface area contributed by atoms with E-state index in [9.17, 15) is 4.79 Å². The topological polar surface area (TPSA) is 58.1 Å². The van der Waals surface area contributed by atoms with Crippen LogP contribution in [0.25, 0.3) is 0 Å². The van der Waals surface area contributed by atoms with Crippen LogP contribution in [0.15, 0.2) is 6.07 Å². The Morgan fingerprint density at radius 3 is 2.94 bits per heavy atom. The van der Waals surface area contributed by atoms with Crippen LogP contribution >= 0.6 is 0 Å². The van der Waals surface area contributed by atoms with Crippen LogP contribution in [-0.4, -0.2) is 33.9 Å². The van der Waals surface area contributed by atoms with Gasteiger partial charge in [0.1, 0.15) is 11.6 Å². The van der Waals surface area contributed by atoms with Crippen molar-refractivity contribution in [2.24, 2.45) is 0 Å². The Balaban J connectivity index is 2.07. The molecule has 0 aliphatic carbocycles. The molecule has 1 aromatic heterocycles. The molecule has 98 valence electrons. The van der Waals surface area contributed by atoms with Crippen molar-refractivity contribution in [1.29, 1.82) is 0 Å². The van der Waals surface area contributed by atoms with Gasteiger partial charge in [-0.3, -0.25) is 4.79 Å². The van der Waals surface area contributed by atoms with Crippen molar-refractivity contribution in [1.82, 2.24) is 14.9 Å². The first kappa shape index (κ1) is 12.8. The van der Waals surface area contributed by atoms with Gasteiger partial charge < -0.3 is 10.2 Å². The highest BCUT2D eigenvalue weighted by molar-refractivity contribution is 5.77. The fraction of sp³-hybridized carbons (Fsp3) is 0.615. The number of aryl methyl sites for hydroxylation is 1. The zero-order valence-corrected chi connectivity index (χ0v) is 11.1. The second kappa shape index (κ2) is 5.80. The van der Waals surface area contributed by atoms with Gasteiger partial charge in [0.15, 0.2) is 0 Å². The number of anilines is 1. The van der Waals surface area contributed by atoms with E-state index in [0.717, 1.165) is 43.3 Å². The lowest BCUT2D eigenvalue weighted by Gasteiger charge is -2.15. The highest BCUT2D eigenvalue weighted by Gasteiger charge is 2.21. The van der Waals surface area contributed by atoms with Gasteiger partial charge in [-0.15, -0.1) is 0 Å². The molecule has 0 spiro atoms. The average molecular weight is 248 g/mol. The first-order chi connectivity index (χ1) is 8.69. The summed E-state index contributed by atoms with van der Waals surface area (Å²) in [7, 11) is 0. The molecule has 0 aromatic carbocycles. The van der Waals surface area contributed by atoms with Crippen LogP contribution in [0.5, 0.6) is 0 Å². The molecule has 0 saturated carbocycles. The van der Waals surface area contributed by atoms with E-state index in [1.807, 2.05) is 17.9 Å².